The summed E-state index contributed by atoms with van der Waals surface area (Å²) < 4.78 is 0. The largest absolute Gasteiger partial charge is 0.314 e. The highest BCUT2D eigenvalue weighted by Gasteiger charge is 2.03. The average Bonchev–Trinajstić information content (AvgIpc) is 2.75. The Morgan fingerprint density at radius 2 is 2.33 bits per heavy atom. The number of rotatable bonds is 8. The number of hydrogen-bond donors (Lipinski definition) is 2. The number of hydrogen-bond acceptors (Lipinski definition) is 3. The summed E-state index contributed by atoms with van der Waals surface area (Å²) >= 11 is 0. The molecule has 0 aromatic carbocycles. The highest BCUT2D eigenvalue weighted by molar-refractivity contribution is 4.80. The maximum atomic E-state index is 4.09. The fourth-order valence-corrected chi connectivity index (χ4v) is 1.71. The van der Waals surface area contributed by atoms with Crippen LogP contribution in [-0.4, -0.2) is 27.8 Å². The van der Waals surface area contributed by atoms with Crippen molar-refractivity contribution < 1.29 is 0 Å². The Morgan fingerprint density at radius 3 is 2.93 bits per heavy atom. The van der Waals surface area contributed by atoms with Gasteiger partial charge in [0.25, 0.3) is 0 Å². The van der Waals surface area contributed by atoms with Crippen LogP contribution in [0.5, 0.6) is 0 Å². The van der Waals surface area contributed by atoms with Crippen molar-refractivity contribution in [1.82, 2.24) is 20.5 Å². The predicted molar refractivity (Wildman–Crippen MR) is 61.7 cm³/mol. The van der Waals surface area contributed by atoms with Gasteiger partial charge in [0.2, 0.25) is 0 Å². The zero-order valence-corrected chi connectivity index (χ0v) is 9.79. The van der Waals surface area contributed by atoms with Gasteiger partial charge in [-0.15, -0.1) is 0 Å². The molecule has 0 aliphatic carbocycles. The molecule has 1 aromatic heterocycles. The predicted octanol–water partition coefficient (Wildman–Crippen LogP) is 1.91. The van der Waals surface area contributed by atoms with Crippen molar-refractivity contribution in [1.29, 1.82) is 0 Å². The molecule has 0 aliphatic heterocycles. The Hall–Kier alpha value is -0.900. The fraction of sp³-hybridized carbons (Fsp3) is 0.818. The van der Waals surface area contributed by atoms with Gasteiger partial charge in [0.05, 0.1) is 0 Å². The molecule has 0 saturated heterocycles. The van der Waals surface area contributed by atoms with E-state index < -0.39 is 0 Å². The first kappa shape index (κ1) is 12.2. The van der Waals surface area contributed by atoms with Crippen LogP contribution in [0.25, 0.3) is 0 Å². The Bertz CT molecular complexity index is 233. The molecule has 1 atom stereocenters. The normalized spacial score (nSPS) is 12.9. The summed E-state index contributed by atoms with van der Waals surface area (Å²) in [6.45, 7) is 5.54. The lowest BCUT2D eigenvalue weighted by Crippen LogP contribution is -2.29. The van der Waals surface area contributed by atoms with Crippen LogP contribution in [-0.2, 0) is 6.42 Å². The molecular weight excluding hydrogens is 188 g/mol. The second-order valence-corrected chi connectivity index (χ2v) is 3.88. The van der Waals surface area contributed by atoms with Gasteiger partial charge in [0.1, 0.15) is 12.2 Å². The molecule has 1 unspecified atom stereocenters. The fourth-order valence-electron chi connectivity index (χ4n) is 1.71. The van der Waals surface area contributed by atoms with Crippen LogP contribution in [0.15, 0.2) is 6.33 Å². The van der Waals surface area contributed by atoms with E-state index in [2.05, 4.69) is 34.3 Å². The van der Waals surface area contributed by atoms with Gasteiger partial charge in [-0.3, -0.25) is 5.10 Å². The van der Waals surface area contributed by atoms with Gasteiger partial charge in [-0.05, 0) is 25.8 Å². The van der Waals surface area contributed by atoms with E-state index in [1.165, 1.54) is 19.3 Å². The zero-order valence-electron chi connectivity index (χ0n) is 9.79. The molecule has 15 heavy (non-hydrogen) atoms. The minimum absolute atomic E-state index is 0.685. The summed E-state index contributed by atoms with van der Waals surface area (Å²) in [5, 5.41) is 10.3. The van der Waals surface area contributed by atoms with Crippen LogP contribution in [0.3, 0.4) is 0 Å². The summed E-state index contributed by atoms with van der Waals surface area (Å²) in [6.07, 6.45) is 7.42. The van der Waals surface area contributed by atoms with E-state index in [0.717, 1.165) is 25.2 Å². The molecule has 0 spiro atoms. The lowest BCUT2D eigenvalue weighted by Gasteiger charge is -2.15. The molecule has 1 rings (SSSR count). The van der Waals surface area contributed by atoms with Crippen molar-refractivity contribution in [2.45, 2.75) is 52.0 Å². The molecule has 86 valence electrons. The van der Waals surface area contributed by atoms with Crippen LogP contribution in [0.4, 0.5) is 0 Å². The van der Waals surface area contributed by atoms with E-state index >= 15 is 0 Å². The summed E-state index contributed by atoms with van der Waals surface area (Å²) in [5.41, 5.74) is 0. The van der Waals surface area contributed by atoms with E-state index in [1.807, 2.05) is 0 Å². The van der Waals surface area contributed by atoms with E-state index in [4.69, 9.17) is 0 Å². The molecule has 0 bridgehead atoms. The quantitative estimate of drug-likeness (QED) is 0.644. The highest BCUT2D eigenvalue weighted by Crippen LogP contribution is 2.01. The first-order valence-electron chi connectivity index (χ1n) is 5.94. The lowest BCUT2D eigenvalue weighted by atomic mass is 10.1. The number of aromatic nitrogens is 3. The van der Waals surface area contributed by atoms with Crippen LogP contribution in [0.2, 0.25) is 0 Å². The minimum atomic E-state index is 0.685. The first-order valence-corrected chi connectivity index (χ1v) is 5.94. The van der Waals surface area contributed by atoms with Crippen LogP contribution in [0, 0.1) is 0 Å². The molecule has 0 radical (unpaired) electrons. The average molecular weight is 210 g/mol. The lowest BCUT2D eigenvalue weighted by molar-refractivity contribution is 0.458. The number of nitrogens with zero attached hydrogens (tertiary/aromatic N) is 2. The van der Waals surface area contributed by atoms with Gasteiger partial charge < -0.3 is 5.32 Å². The highest BCUT2D eigenvalue weighted by atomic mass is 15.2. The van der Waals surface area contributed by atoms with Crippen molar-refractivity contribution in [3.05, 3.63) is 12.2 Å². The van der Waals surface area contributed by atoms with E-state index in [9.17, 15) is 0 Å². The Balaban J connectivity index is 2.05. The monoisotopic (exact) mass is 210 g/mol. The van der Waals surface area contributed by atoms with Crippen molar-refractivity contribution in [2.24, 2.45) is 0 Å². The van der Waals surface area contributed by atoms with Crippen LogP contribution < -0.4 is 5.32 Å². The number of H-pyrrole nitrogens is 1. The Morgan fingerprint density at radius 1 is 1.47 bits per heavy atom. The molecule has 4 nitrogen and oxygen atoms in total. The minimum Gasteiger partial charge on any atom is -0.314 e. The SMILES string of the molecule is CCCC(CC)NCCCc1ncn[nH]1. The molecular formula is C11H22N4. The van der Waals surface area contributed by atoms with Crippen molar-refractivity contribution in [2.75, 3.05) is 6.54 Å². The molecule has 0 aliphatic rings. The second kappa shape index (κ2) is 7.40. The molecule has 0 amide bonds. The molecule has 1 aromatic rings. The third kappa shape index (κ3) is 4.93. The van der Waals surface area contributed by atoms with E-state index in [0.29, 0.717) is 6.04 Å². The Kier molecular flexibility index (Phi) is 6.00. The van der Waals surface area contributed by atoms with Gasteiger partial charge in [-0.25, -0.2) is 4.98 Å². The molecule has 0 fully saturated rings. The summed E-state index contributed by atoms with van der Waals surface area (Å²) in [7, 11) is 0. The summed E-state index contributed by atoms with van der Waals surface area (Å²) in [4.78, 5) is 4.09. The standard InChI is InChI=1S/C11H22N4/c1-3-6-10(4-2)12-8-5-7-11-13-9-14-15-11/h9-10,12H,3-8H2,1-2H3,(H,13,14,15). The summed E-state index contributed by atoms with van der Waals surface area (Å²) in [5.74, 6) is 0.986. The van der Waals surface area contributed by atoms with Crippen molar-refractivity contribution >= 4 is 0 Å². The second-order valence-electron chi connectivity index (χ2n) is 3.88. The number of aromatic amines is 1. The molecule has 0 saturated carbocycles. The van der Waals surface area contributed by atoms with Gasteiger partial charge in [0.15, 0.2) is 0 Å². The van der Waals surface area contributed by atoms with Gasteiger partial charge in [-0.2, -0.15) is 5.10 Å². The van der Waals surface area contributed by atoms with Crippen LogP contribution in [0.1, 0.15) is 45.4 Å². The van der Waals surface area contributed by atoms with E-state index in [1.54, 1.807) is 6.33 Å². The maximum Gasteiger partial charge on any atom is 0.137 e. The smallest absolute Gasteiger partial charge is 0.137 e. The van der Waals surface area contributed by atoms with Gasteiger partial charge in [-0.1, -0.05) is 20.3 Å². The third-order valence-electron chi connectivity index (χ3n) is 2.62. The maximum absolute atomic E-state index is 4.09. The molecule has 2 N–H and O–H groups in total. The van der Waals surface area contributed by atoms with E-state index in [-0.39, 0.29) is 0 Å². The molecule has 4 heteroatoms. The van der Waals surface area contributed by atoms with Crippen LogP contribution >= 0.6 is 0 Å². The third-order valence-corrected chi connectivity index (χ3v) is 2.62. The number of nitrogens with one attached hydrogen (secondary N) is 2. The van der Waals surface area contributed by atoms with Gasteiger partial charge in [0, 0.05) is 12.5 Å². The van der Waals surface area contributed by atoms with Gasteiger partial charge >= 0.3 is 0 Å². The topological polar surface area (TPSA) is 53.6 Å². The Labute approximate surface area is 91.9 Å². The first-order chi connectivity index (χ1) is 7.36. The van der Waals surface area contributed by atoms with Crippen molar-refractivity contribution in [3.63, 3.8) is 0 Å². The number of aryl methyl sites for hydroxylation is 1. The summed E-state index contributed by atoms with van der Waals surface area (Å²) in [6, 6.07) is 0.685. The zero-order chi connectivity index (χ0) is 10.9. The molecule has 1 heterocycles. The van der Waals surface area contributed by atoms with Crippen molar-refractivity contribution in [3.8, 4) is 0 Å².